The molecule has 1 aliphatic heterocycles. The van der Waals surface area contributed by atoms with Gasteiger partial charge >= 0.3 is 6.03 Å². The van der Waals surface area contributed by atoms with Crippen molar-refractivity contribution in [3.63, 3.8) is 0 Å². The minimum absolute atomic E-state index is 0.0525. The second kappa shape index (κ2) is 7.95. The first kappa shape index (κ1) is 17.8. The molecule has 2 aromatic carbocycles. The fraction of sp³-hybridized carbons (Fsp3) is 0.263. The van der Waals surface area contributed by atoms with Gasteiger partial charge in [0.15, 0.2) is 0 Å². The highest BCUT2D eigenvalue weighted by Gasteiger charge is 2.30. The van der Waals surface area contributed by atoms with Crippen LogP contribution in [0.15, 0.2) is 48.5 Å². The molecule has 1 fully saturated rings. The predicted octanol–water partition coefficient (Wildman–Crippen LogP) is 2.93. The van der Waals surface area contributed by atoms with Crippen LogP contribution in [0.4, 0.5) is 19.3 Å². The Morgan fingerprint density at radius 2 is 1.85 bits per heavy atom. The third-order valence-electron chi connectivity index (χ3n) is 4.26. The standard InChI is InChI=1S/C19H19F2N3O2/c20-14-7-5-13(6-8-14)9-10-24-12-15(11-18(24)25)22-19(26)23-17-4-2-1-3-16(17)21/h1-8,15H,9-12H2,(H2,22,23,26)/t15-/m0/s1. The molecule has 1 aliphatic rings. The van der Waals surface area contributed by atoms with Gasteiger partial charge in [0.05, 0.1) is 11.7 Å². The molecular weight excluding hydrogens is 340 g/mol. The lowest BCUT2D eigenvalue weighted by molar-refractivity contribution is -0.127. The van der Waals surface area contributed by atoms with Crippen molar-refractivity contribution in [2.45, 2.75) is 18.9 Å². The molecule has 2 N–H and O–H groups in total. The van der Waals surface area contributed by atoms with Crippen molar-refractivity contribution in [3.8, 4) is 0 Å². The molecule has 0 aromatic heterocycles. The van der Waals surface area contributed by atoms with Crippen LogP contribution >= 0.6 is 0 Å². The number of nitrogens with zero attached hydrogens (tertiary/aromatic N) is 1. The number of amides is 3. The van der Waals surface area contributed by atoms with Crippen LogP contribution in [-0.4, -0.2) is 36.0 Å². The number of hydrogen-bond acceptors (Lipinski definition) is 2. The van der Waals surface area contributed by atoms with Crippen molar-refractivity contribution < 1.29 is 18.4 Å². The Kier molecular flexibility index (Phi) is 5.46. The van der Waals surface area contributed by atoms with Gasteiger partial charge in [0.2, 0.25) is 5.91 Å². The number of halogens is 2. The van der Waals surface area contributed by atoms with Crippen LogP contribution in [0, 0.1) is 11.6 Å². The Labute approximate surface area is 150 Å². The molecule has 5 nitrogen and oxygen atoms in total. The molecule has 1 saturated heterocycles. The van der Waals surface area contributed by atoms with Crippen molar-refractivity contribution in [3.05, 3.63) is 65.7 Å². The number of carbonyl (C=O) groups excluding carboxylic acids is 2. The van der Waals surface area contributed by atoms with E-state index < -0.39 is 11.8 Å². The summed E-state index contributed by atoms with van der Waals surface area (Å²) in [5, 5.41) is 5.13. The molecule has 0 spiro atoms. The van der Waals surface area contributed by atoms with Crippen LogP contribution in [-0.2, 0) is 11.2 Å². The van der Waals surface area contributed by atoms with E-state index in [9.17, 15) is 18.4 Å². The number of rotatable bonds is 5. The van der Waals surface area contributed by atoms with Crippen LogP contribution in [0.3, 0.4) is 0 Å². The molecule has 2 aromatic rings. The lowest BCUT2D eigenvalue weighted by atomic mass is 10.1. The van der Waals surface area contributed by atoms with E-state index in [-0.39, 0.29) is 29.9 Å². The summed E-state index contributed by atoms with van der Waals surface area (Å²) in [4.78, 5) is 25.7. The SMILES string of the molecule is O=C(Nc1ccccc1F)N[C@H]1CC(=O)N(CCc2ccc(F)cc2)C1. The van der Waals surface area contributed by atoms with Crippen molar-refractivity contribution in [2.24, 2.45) is 0 Å². The van der Waals surface area contributed by atoms with E-state index in [1.54, 1.807) is 23.1 Å². The fourth-order valence-electron chi connectivity index (χ4n) is 2.91. The molecule has 1 heterocycles. The lowest BCUT2D eigenvalue weighted by Crippen LogP contribution is -2.40. The Hall–Kier alpha value is -2.96. The summed E-state index contributed by atoms with van der Waals surface area (Å²) in [6.07, 6.45) is 0.814. The first-order valence-electron chi connectivity index (χ1n) is 8.35. The topological polar surface area (TPSA) is 61.4 Å². The second-order valence-corrected chi connectivity index (χ2v) is 6.20. The number of nitrogens with one attached hydrogen (secondary N) is 2. The molecular formula is C19H19F2N3O2. The number of anilines is 1. The summed E-state index contributed by atoms with van der Waals surface area (Å²) in [7, 11) is 0. The monoisotopic (exact) mass is 359 g/mol. The fourth-order valence-corrected chi connectivity index (χ4v) is 2.91. The maximum atomic E-state index is 13.5. The highest BCUT2D eigenvalue weighted by atomic mass is 19.1. The van der Waals surface area contributed by atoms with Gasteiger partial charge in [-0.2, -0.15) is 0 Å². The number of benzene rings is 2. The summed E-state index contributed by atoms with van der Waals surface area (Å²) >= 11 is 0. The first-order chi connectivity index (χ1) is 12.5. The van der Waals surface area contributed by atoms with E-state index >= 15 is 0 Å². The third kappa shape index (κ3) is 4.56. The smallest absolute Gasteiger partial charge is 0.319 e. The Morgan fingerprint density at radius 1 is 1.12 bits per heavy atom. The summed E-state index contributed by atoms with van der Waals surface area (Å²) in [6, 6.07) is 11.1. The minimum Gasteiger partial charge on any atom is -0.340 e. The average molecular weight is 359 g/mol. The first-order valence-corrected chi connectivity index (χ1v) is 8.35. The normalized spacial score (nSPS) is 16.6. The summed E-state index contributed by atoms with van der Waals surface area (Å²) < 4.78 is 26.5. The molecule has 0 bridgehead atoms. The number of urea groups is 1. The molecule has 3 amide bonds. The zero-order valence-corrected chi connectivity index (χ0v) is 14.0. The van der Waals surface area contributed by atoms with E-state index in [4.69, 9.17) is 0 Å². The van der Waals surface area contributed by atoms with Gasteiger partial charge in [0, 0.05) is 19.5 Å². The van der Waals surface area contributed by atoms with Crippen LogP contribution in [0.2, 0.25) is 0 Å². The molecule has 0 radical (unpaired) electrons. The van der Waals surface area contributed by atoms with Gasteiger partial charge in [-0.3, -0.25) is 4.79 Å². The molecule has 7 heteroatoms. The largest absolute Gasteiger partial charge is 0.340 e. The van der Waals surface area contributed by atoms with Crippen LogP contribution in [0.1, 0.15) is 12.0 Å². The lowest BCUT2D eigenvalue weighted by Gasteiger charge is -2.17. The predicted molar refractivity (Wildman–Crippen MR) is 93.6 cm³/mol. The van der Waals surface area contributed by atoms with E-state index in [2.05, 4.69) is 10.6 Å². The molecule has 0 saturated carbocycles. The Balaban J connectivity index is 1.48. The van der Waals surface area contributed by atoms with Crippen LogP contribution in [0.25, 0.3) is 0 Å². The average Bonchev–Trinajstić information content (AvgIpc) is 2.95. The number of likely N-dealkylation sites (tertiary alicyclic amines) is 1. The Morgan fingerprint density at radius 3 is 2.58 bits per heavy atom. The Bertz CT molecular complexity index is 796. The van der Waals surface area contributed by atoms with Crippen LogP contribution in [0.5, 0.6) is 0 Å². The zero-order valence-electron chi connectivity index (χ0n) is 14.0. The van der Waals surface area contributed by atoms with Gasteiger partial charge in [0.1, 0.15) is 11.6 Å². The molecule has 0 aliphatic carbocycles. The highest BCUT2D eigenvalue weighted by Crippen LogP contribution is 2.15. The van der Waals surface area contributed by atoms with Crippen LogP contribution < -0.4 is 10.6 Å². The van der Waals surface area contributed by atoms with Gasteiger partial charge < -0.3 is 15.5 Å². The molecule has 3 rings (SSSR count). The van der Waals surface area contributed by atoms with E-state index in [1.807, 2.05) is 0 Å². The van der Waals surface area contributed by atoms with E-state index in [1.165, 1.54) is 30.3 Å². The molecule has 136 valence electrons. The summed E-state index contributed by atoms with van der Waals surface area (Å²) in [5.74, 6) is -0.870. The number of carbonyl (C=O) groups is 2. The van der Waals surface area contributed by atoms with Crippen molar-refractivity contribution >= 4 is 17.6 Å². The quantitative estimate of drug-likeness (QED) is 0.862. The highest BCUT2D eigenvalue weighted by molar-refractivity contribution is 5.90. The zero-order chi connectivity index (χ0) is 18.5. The van der Waals surface area contributed by atoms with Gasteiger partial charge in [0.25, 0.3) is 0 Å². The van der Waals surface area contributed by atoms with Crippen molar-refractivity contribution in [1.29, 1.82) is 0 Å². The number of hydrogen-bond donors (Lipinski definition) is 2. The van der Waals surface area contributed by atoms with Gasteiger partial charge in [-0.05, 0) is 36.2 Å². The molecule has 26 heavy (non-hydrogen) atoms. The summed E-state index contributed by atoms with van der Waals surface area (Å²) in [6.45, 7) is 0.891. The second-order valence-electron chi connectivity index (χ2n) is 6.20. The van der Waals surface area contributed by atoms with Gasteiger partial charge in [-0.25, -0.2) is 13.6 Å². The van der Waals surface area contributed by atoms with Crippen molar-refractivity contribution in [2.75, 3.05) is 18.4 Å². The van der Waals surface area contributed by atoms with E-state index in [0.29, 0.717) is 19.5 Å². The number of para-hydroxylation sites is 1. The maximum absolute atomic E-state index is 13.5. The van der Waals surface area contributed by atoms with Gasteiger partial charge in [-0.15, -0.1) is 0 Å². The molecule has 0 unspecified atom stereocenters. The maximum Gasteiger partial charge on any atom is 0.319 e. The van der Waals surface area contributed by atoms with Gasteiger partial charge in [-0.1, -0.05) is 24.3 Å². The molecule has 1 atom stereocenters. The van der Waals surface area contributed by atoms with Crippen molar-refractivity contribution in [1.82, 2.24) is 10.2 Å². The third-order valence-corrected chi connectivity index (χ3v) is 4.26. The van der Waals surface area contributed by atoms with E-state index in [0.717, 1.165) is 5.56 Å². The summed E-state index contributed by atoms with van der Waals surface area (Å²) in [5.41, 5.74) is 1.02. The minimum atomic E-state index is -0.548.